The summed E-state index contributed by atoms with van der Waals surface area (Å²) in [5.41, 5.74) is 3.84. The van der Waals surface area contributed by atoms with E-state index in [1.807, 2.05) is 7.05 Å². The smallest absolute Gasteiger partial charge is 0.259 e. The summed E-state index contributed by atoms with van der Waals surface area (Å²) in [6.45, 7) is 6.42. The molecule has 1 aromatic carbocycles. The van der Waals surface area contributed by atoms with Crippen molar-refractivity contribution in [3.05, 3.63) is 46.5 Å². The van der Waals surface area contributed by atoms with Crippen molar-refractivity contribution in [1.29, 1.82) is 0 Å². The van der Waals surface area contributed by atoms with Crippen LogP contribution in [0.25, 0.3) is 0 Å². The van der Waals surface area contributed by atoms with E-state index in [1.165, 1.54) is 18.9 Å². The van der Waals surface area contributed by atoms with Gasteiger partial charge in [-0.1, -0.05) is 40.0 Å². The van der Waals surface area contributed by atoms with Crippen LogP contribution in [0.3, 0.4) is 0 Å². The average Bonchev–Trinajstić information content (AvgIpc) is 3.28. The highest BCUT2D eigenvalue weighted by atomic mass is 19.1. The highest BCUT2D eigenvalue weighted by Crippen LogP contribution is 2.55. The number of rotatable bonds is 6. The predicted octanol–water partition coefficient (Wildman–Crippen LogP) is 5.33. The molecule has 0 radical (unpaired) electrons. The van der Waals surface area contributed by atoms with Crippen LogP contribution in [0.4, 0.5) is 10.1 Å². The summed E-state index contributed by atoms with van der Waals surface area (Å²) in [4.78, 5) is 13.0. The van der Waals surface area contributed by atoms with Crippen molar-refractivity contribution in [3.8, 4) is 0 Å². The molecule has 1 saturated carbocycles. The van der Waals surface area contributed by atoms with E-state index in [2.05, 4.69) is 31.2 Å². The van der Waals surface area contributed by atoms with Gasteiger partial charge < -0.3 is 5.32 Å². The molecule has 0 spiro atoms. The van der Waals surface area contributed by atoms with Crippen molar-refractivity contribution in [2.24, 2.45) is 13.0 Å². The third-order valence-electron chi connectivity index (χ3n) is 6.37. The maximum Gasteiger partial charge on any atom is 0.259 e. The fourth-order valence-electron chi connectivity index (χ4n) is 5.19. The van der Waals surface area contributed by atoms with Crippen molar-refractivity contribution in [2.75, 3.05) is 5.32 Å². The first-order chi connectivity index (χ1) is 13.3. The van der Waals surface area contributed by atoms with Gasteiger partial charge in [-0.05, 0) is 59.8 Å². The minimum Gasteiger partial charge on any atom is -0.322 e. The van der Waals surface area contributed by atoms with Gasteiger partial charge >= 0.3 is 0 Å². The lowest BCUT2D eigenvalue weighted by atomic mass is 9.78. The fourth-order valence-corrected chi connectivity index (χ4v) is 5.19. The van der Waals surface area contributed by atoms with Crippen LogP contribution in [-0.2, 0) is 18.9 Å². The monoisotopic (exact) mass is 383 g/mol. The number of halogens is 1. The third kappa shape index (κ3) is 3.36. The summed E-state index contributed by atoms with van der Waals surface area (Å²) in [5.74, 6) is 0.670. The number of carbonyl (C=O) groups is 1. The van der Waals surface area contributed by atoms with Crippen molar-refractivity contribution < 1.29 is 9.18 Å². The normalized spacial score (nSPS) is 23.7. The minimum atomic E-state index is -0.159. The van der Waals surface area contributed by atoms with Gasteiger partial charge in [-0.15, -0.1) is 0 Å². The molecule has 1 aromatic heterocycles. The number of aryl methyl sites for hydroxylation is 2. The second kappa shape index (κ2) is 7.02. The zero-order valence-electron chi connectivity index (χ0n) is 17.3. The zero-order valence-corrected chi connectivity index (χ0v) is 17.3. The molecule has 4 nitrogen and oxygen atoms in total. The molecule has 1 heterocycles. The lowest BCUT2D eigenvalue weighted by molar-refractivity contribution is 0.102. The number of hydrogen-bond donors (Lipinski definition) is 1. The zero-order chi connectivity index (χ0) is 20.1. The van der Waals surface area contributed by atoms with Gasteiger partial charge in [-0.3, -0.25) is 9.48 Å². The maximum atomic E-state index is 14.9. The Morgan fingerprint density at radius 3 is 2.82 bits per heavy atom. The Morgan fingerprint density at radius 2 is 2.14 bits per heavy atom. The van der Waals surface area contributed by atoms with E-state index in [-0.39, 0.29) is 23.1 Å². The Hall–Kier alpha value is -2.17. The number of carbonyl (C=O) groups excluding carboxylic acids is 1. The summed E-state index contributed by atoms with van der Waals surface area (Å²) in [6.07, 6.45) is 7.97. The summed E-state index contributed by atoms with van der Waals surface area (Å²) < 4.78 is 16.6. The highest BCUT2D eigenvalue weighted by molar-refractivity contribution is 6.05. The number of benzene rings is 1. The summed E-state index contributed by atoms with van der Waals surface area (Å²) >= 11 is 0. The summed E-state index contributed by atoms with van der Waals surface area (Å²) in [6, 6.07) is 3.25. The molecule has 4 rings (SSSR count). The first kappa shape index (κ1) is 19.2. The quantitative estimate of drug-likeness (QED) is 0.733. The number of aromatic nitrogens is 2. The Morgan fingerprint density at radius 1 is 1.39 bits per heavy atom. The number of nitrogens with one attached hydrogen (secondary N) is 1. The number of nitrogens with zero attached hydrogens (tertiary/aromatic N) is 2. The van der Waals surface area contributed by atoms with Crippen molar-refractivity contribution >= 4 is 11.6 Å². The van der Waals surface area contributed by atoms with Crippen LogP contribution < -0.4 is 5.32 Å². The van der Waals surface area contributed by atoms with Crippen molar-refractivity contribution in [1.82, 2.24) is 9.78 Å². The van der Waals surface area contributed by atoms with E-state index < -0.39 is 0 Å². The van der Waals surface area contributed by atoms with Crippen LogP contribution in [0.15, 0.2) is 18.3 Å². The lowest BCUT2D eigenvalue weighted by Gasteiger charge is -2.26. The molecule has 1 fully saturated rings. The predicted molar refractivity (Wildman–Crippen MR) is 109 cm³/mol. The SMILES string of the molecule is CCCc1nn(C)cc1C(=O)Nc1ccc(F)c2c1C(C)CC2(C)CC1CC1. The van der Waals surface area contributed by atoms with Gasteiger partial charge in [0.1, 0.15) is 5.82 Å². The Kier molecular flexibility index (Phi) is 4.80. The Bertz CT molecular complexity index is 915. The maximum absolute atomic E-state index is 14.9. The van der Waals surface area contributed by atoms with Crippen LogP contribution in [-0.4, -0.2) is 15.7 Å². The van der Waals surface area contributed by atoms with Gasteiger partial charge in [0.15, 0.2) is 0 Å². The molecule has 0 aliphatic heterocycles. The molecule has 150 valence electrons. The highest BCUT2D eigenvalue weighted by Gasteiger charge is 2.45. The molecule has 2 aliphatic carbocycles. The molecule has 2 atom stereocenters. The first-order valence-corrected chi connectivity index (χ1v) is 10.5. The van der Waals surface area contributed by atoms with E-state index in [9.17, 15) is 9.18 Å². The van der Waals surface area contributed by atoms with Crippen LogP contribution >= 0.6 is 0 Å². The number of amides is 1. The number of fused-ring (bicyclic) bond motifs is 1. The molecule has 28 heavy (non-hydrogen) atoms. The third-order valence-corrected chi connectivity index (χ3v) is 6.37. The van der Waals surface area contributed by atoms with E-state index in [1.54, 1.807) is 16.9 Å². The lowest BCUT2D eigenvalue weighted by Crippen LogP contribution is -2.21. The van der Waals surface area contributed by atoms with Gasteiger partial charge in [-0.25, -0.2) is 4.39 Å². The number of hydrogen-bond acceptors (Lipinski definition) is 2. The fraction of sp³-hybridized carbons (Fsp3) is 0.565. The summed E-state index contributed by atoms with van der Waals surface area (Å²) in [7, 11) is 1.83. The van der Waals surface area contributed by atoms with Gasteiger partial charge in [0.2, 0.25) is 0 Å². The molecule has 2 aromatic rings. The molecule has 0 saturated heterocycles. The van der Waals surface area contributed by atoms with Crippen LogP contribution in [0.2, 0.25) is 0 Å². The molecule has 2 aliphatic rings. The Labute approximate surface area is 166 Å². The van der Waals surface area contributed by atoms with Gasteiger partial charge in [0, 0.05) is 18.9 Å². The van der Waals surface area contributed by atoms with Crippen molar-refractivity contribution in [2.45, 2.75) is 70.6 Å². The number of anilines is 1. The standard InChI is InChI=1S/C23H30FN3O/c1-5-6-18-16(13-27(4)26-18)22(28)25-19-10-9-17(24)21-20(19)14(2)11-23(21,3)12-15-7-8-15/h9-10,13-15H,5-8,11-12H2,1-4H3,(H,25,28). The van der Waals surface area contributed by atoms with E-state index in [0.29, 0.717) is 5.56 Å². The first-order valence-electron chi connectivity index (χ1n) is 10.5. The molecular formula is C23H30FN3O. The van der Waals surface area contributed by atoms with Gasteiger partial charge in [0.05, 0.1) is 11.3 Å². The molecule has 5 heteroatoms. The molecule has 1 amide bonds. The van der Waals surface area contributed by atoms with Gasteiger partial charge in [-0.2, -0.15) is 5.10 Å². The molecule has 1 N–H and O–H groups in total. The second-order valence-corrected chi connectivity index (χ2v) is 9.06. The molecule has 2 unspecified atom stereocenters. The Balaban J connectivity index is 1.68. The largest absolute Gasteiger partial charge is 0.322 e. The van der Waals surface area contributed by atoms with Crippen LogP contribution in [0.1, 0.15) is 86.0 Å². The molecular weight excluding hydrogens is 353 g/mol. The summed E-state index contributed by atoms with van der Waals surface area (Å²) in [5, 5.41) is 7.50. The van der Waals surface area contributed by atoms with E-state index in [0.717, 1.165) is 54.1 Å². The second-order valence-electron chi connectivity index (χ2n) is 9.06. The van der Waals surface area contributed by atoms with Crippen LogP contribution in [0, 0.1) is 11.7 Å². The topological polar surface area (TPSA) is 46.9 Å². The molecule has 0 bridgehead atoms. The van der Waals surface area contributed by atoms with Crippen molar-refractivity contribution in [3.63, 3.8) is 0 Å². The van der Waals surface area contributed by atoms with E-state index in [4.69, 9.17) is 0 Å². The van der Waals surface area contributed by atoms with Gasteiger partial charge in [0.25, 0.3) is 5.91 Å². The average molecular weight is 384 g/mol. The van der Waals surface area contributed by atoms with Crippen LogP contribution in [0.5, 0.6) is 0 Å². The minimum absolute atomic E-state index is 0.131. The van der Waals surface area contributed by atoms with E-state index >= 15 is 0 Å².